The molecule has 1 saturated carbocycles. The van der Waals surface area contributed by atoms with Gasteiger partial charge in [-0.25, -0.2) is 0 Å². The molecule has 1 aromatic heterocycles. The monoisotopic (exact) mass is 205 g/mol. The summed E-state index contributed by atoms with van der Waals surface area (Å²) in [5, 5.41) is 4.38. The van der Waals surface area contributed by atoms with Gasteiger partial charge in [-0.3, -0.25) is 4.68 Å². The van der Waals surface area contributed by atoms with E-state index in [1.807, 2.05) is 12.3 Å². The van der Waals surface area contributed by atoms with Crippen molar-refractivity contribution in [1.29, 1.82) is 0 Å². The molecule has 0 amide bonds. The number of rotatable bonds is 1. The number of hydrogen-bond donors (Lipinski definition) is 0. The molecule has 15 heavy (non-hydrogen) atoms. The van der Waals surface area contributed by atoms with Crippen molar-refractivity contribution in [3.05, 3.63) is 18.5 Å². The predicted octanol–water partition coefficient (Wildman–Crippen LogP) is 1.93. The van der Waals surface area contributed by atoms with Crippen molar-refractivity contribution < 1.29 is 0 Å². The highest BCUT2D eigenvalue weighted by Gasteiger charge is 2.37. The topological polar surface area (TPSA) is 21.1 Å². The Bertz CT molecular complexity index is 320. The first kappa shape index (κ1) is 9.40. The summed E-state index contributed by atoms with van der Waals surface area (Å²) in [6.07, 6.45) is 9.41. The second-order valence-corrected chi connectivity index (χ2v) is 5.05. The van der Waals surface area contributed by atoms with Crippen LogP contribution in [0.3, 0.4) is 0 Å². The molecule has 2 heterocycles. The predicted molar refractivity (Wildman–Crippen MR) is 59.6 cm³/mol. The normalized spacial score (nSPS) is 36.7. The molecule has 1 aromatic rings. The Morgan fingerprint density at radius 1 is 1.27 bits per heavy atom. The summed E-state index contributed by atoms with van der Waals surface area (Å²) in [7, 11) is 2.27. The van der Waals surface area contributed by atoms with Crippen LogP contribution in [0.5, 0.6) is 0 Å². The van der Waals surface area contributed by atoms with E-state index < -0.39 is 0 Å². The Hall–Kier alpha value is -0.830. The van der Waals surface area contributed by atoms with E-state index in [2.05, 4.69) is 27.9 Å². The van der Waals surface area contributed by atoms with Crippen LogP contribution in [-0.2, 0) is 0 Å². The summed E-state index contributed by atoms with van der Waals surface area (Å²) >= 11 is 0. The fraction of sp³-hybridized carbons (Fsp3) is 0.750. The van der Waals surface area contributed by atoms with E-state index in [0.29, 0.717) is 6.04 Å². The summed E-state index contributed by atoms with van der Waals surface area (Å²) in [4.78, 5) is 2.54. The summed E-state index contributed by atoms with van der Waals surface area (Å²) < 4.78 is 2.16. The van der Waals surface area contributed by atoms with Crippen molar-refractivity contribution in [2.45, 2.75) is 37.8 Å². The summed E-state index contributed by atoms with van der Waals surface area (Å²) in [6.45, 7) is 1.29. The van der Waals surface area contributed by atoms with Crippen LogP contribution in [0, 0.1) is 5.92 Å². The van der Waals surface area contributed by atoms with Gasteiger partial charge in [-0.15, -0.1) is 0 Å². The molecule has 0 spiro atoms. The fourth-order valence-electron chi connectivity index (χ4n) is 3.34. The molecule has 2 aliphatic rings. The maximum Gasteiger partial charge on any atom is 0.0534 e. The maximum absolute atomic E-state index is 4.38. The van der Waals surface area contributed by atoms with E-state index in [9.17, 15) is 0 Å². The third-order valence-electron chi connectivity index (χ3n) is 4.25. The highest BCUT2D eigenvalue weighted by molar-refractivity contribution is 4.93. The maximum atomic E-state index is 4.38. The van der Waals surface area contributed by atoms with Gasteiger partial charge in [0.25, 0.3) is 0 Å². The van der Waals surface area contributed by atoms with Crippen LogP contribution < -0.4 is 0 Å². The van der Waals surface area contributed by atoms with E-state index in [0.717, 1.165) is 12.0 Å². The first-order valence-corrected chi connectivity index (χ1v) is 6.04. The molecule has 1 aliphatic heterocycles. The molecular weight excluding hydrogens is 186 g/mol. The third-order valence-corrected chi connectivity index (χ3v) is 4.25. The van der Waals surface area contributed by atoms with Crippen LogP contribution in [0.1, 0.15) is 31.7 Å². The molecule has 3 nitrogen and oxygen atoms in total. The summed E-state index contributed by atoms with van der Waals surface area (Å²) in [5.41, 5.74) is 0. The first-order chi connectivity index (χ1) is 7.34. The number of hydrogen-bond acceptors (Lipinski definition) is 2. The van der Waals surface area contributed by atoms with Crippen molar-refractivity contribution in [3.63, 3.8) is 0 Å². The lowest BCUT2D eigenvalue weighted by Crippen LogP contribution is -2.35. The zero-order chi connectivity index (χ0) is 10.3. The van der Waals surface area contributed by atoms with Crippen molar-refractivity contribution >= 4 is 0 Å². The van der Waals surface area contributed by atoms with Gasteiger partial charge in [0.15, 0.2) is 0 Å². The van der Waals surface area contributed by atoms with Gasteiger partial charge in [-0.2, -0.15) is 5.10 Å². The molecule has 2 fully saturated rings. The highest BCUT2D eigenvalue weighted by Crippen LogP contribution is 2.39. The lowest BCUT2D eigenvalue weighted by atomic mass is 9.82. The van der Waals surface area contributed by atoms with E-state index in [1.54, 1.807) is 0 Å². The fourth-order valence-corrected chi connectivity index (χ4v) is 3.34. The average molecular weight is 205 g/mol. The minimum absolute atomic E-state index is 0.641. The molecule has 0 N–H and O–H groups in total. The van der Waals surface area contributed by atoms with Crippen LogP contribution in [0.25, 0.3) is 0 Å². The molecule has 3 rings (SSSR count). The van der Waals surface area contributed by atoms with Crippen molar-refractivity contribution in [2.75, 3.05) is 13.6 Å². The Morgan fingerprint density at radius 3 is 3.00 bits per heavy atom. The molecule has 2 unspecified atom stereocenters. The quantitative estimate of drug-likeness (QED) is 0.698. The van der Waals surface area contributed by atoms with E-state index in [-0.39, 0.29) is 0 Å². The van der Waals surface area contributed by atoms with Crippen molar-refractivity contribution in [3.8, 4) is 0 Å². The Balaban J connectivity index is 1.74. The SMILES string of the molecule is CN1CCC2CCC(n3cccn3)C[C@@H]21. The number of likely N-dealkylation sites (tertiary alicyclic amines) is 1. The second-order valence-electron chi connectivity index (χ2n) is 5.05. The zero-order valence-corrected chi connectivity index (χ0v) is 9.34. The average Bonchev–Trinajstić information content (AvgIpc) is 2.88. The summed E-state index contributed by atoms with van der Waals surface area (Å²) in [5.74, 6) is 0.960. The van der Waals surface area contributed by atoms with Gasteiger partial charge in [0.1, 0.15) is 0 Å². The minimum atomic E-state index is 0.641. The van der Waals surface area contributed by atoms with Crippen LogP contribution >= 0.6 is 0 Å². The Labute approximate surface area is 91.1 Å². The number of fused-ring (bicyclic) bond motifs is 1. The van der Waals surface area contributed by atoms with Gasteiger partial charge in [-0.05, 0) is 51.3 Å². The van der Waals surface area contributed by atoms with Crippen LogP contribution in [0.2, 0.25) is 0 Å². The number of nitrogens with zero attached hydrogens (tertiary/aromatic N) is 3. The lowest BCUT2D eigenvalue weighted by Gasteiger charge is -2.34. The molecule has 1 aliphatic carbocycles. The molecule has 1 saturated heterocycles. The highest BCUT2D eigenvalue weighted by atomic mass is 15.3. The zero-order valence-electron chi connectivity index (χ0n) is 9.34. The molecule has 82 valence electrons. The second kappa shape index (κ2) is 3.63. The van der Waals surface area contributed by atoms with Crippen LogP contribution in [0.15, 0.2) is 18.5 Å². The molecule has 3 atom stereocenters. The van der Waals surface area contributed by atoms with Crippen molar-refractivity contribution in [2.24, 2.45) is 5.92 Å². The Morgan fingerprint density at radius 2 is 2.20 bits per heavy atom. The van der Waals surface area contributed by atoms with Gasteiger partial charge in [0.05, 0.1) is 6.04 Å². The van der Waals surface area contributed by atoms with Gasteiger partial charge in [-0.1, -0.05) is 0 Å². The van der Waals surface area contributed by atoms with E-state index in [1.165, 1.54) is 32.2 Å². The lowest BCUT2D eigenvalue weighted by molar-refractivity contribution is 0.165. The molecule has 3 heteroatoms. The van der Waals surface area contributed by atoms with Crippen molar-refractivity contribution in [1.82, 2.24) is 14.7 Å². The van der Waals surface area contributed by atoms with Gasteiger partial charge >= 0.3 is 0 Å². The molecule has 0 aromatic carbocycles. The molecule has 0 radical (unpaired) electrons. The minimum Gasteiger partial charge on any atom is -0.303 e. The van der Waals surface area contributed by atoms with Crippen LogP contribution in [-0.4, -0.2) is 34.3 Å². The van der Waals surface area contributed by atoms with Gasteiger partial charge in [0.2, 0.25) is 0 Å². The van der Waals surface area contributed by atoms with Gasteiger partial charge < -0.3 is 4.90 Å². The van der Waals surface area contributed by atoms with E-state index >= 15 is 0 Å². The summed E-state index contributed by atoms with van der Waals surface area (Å²) in [6, 6.07) is 3.49. The first-order valence-electron chi connectivity index (χ1n) is 6.04. The molecule has 0 bridgehead atoms. The standard InChI is InChI=1S/C12H19N3/c1-14-8-5-10-3-4-11(9-12(10)14)15-7-2-6-13-15/h2,6-7,10-12H,3-5,8-9H2,1H3/t10?,11?,12-/m0/s1. The van der Waals surface area contributed by atoms with Crippen LogP contribution in [0.4, 0.5) is 0 Å². The molecular formula is C12H19N3. The Kier molecular flexibility index (Phi) is 2.28. The third kappa shape index (κ3) is 1.59. The van der Waals surface area contributed by atoms with E-state index in [4.69, 9.17) is 0 Å². The van der Waals surface area contributed by atoms with Gasteiger partial charge in [0, 0.05) is 18.4 Å². The largest absolute Gasteiger partial charge is 0.303 e. The smallest absolute Gasteiger partial charge is 0.0534 e. The number of aromatic nitrogens is 2.